The molecule has 4 heteroatoms. The van der Waals surface area contributed by atoms with Gasteiger partial charge in [0.2, 0.25) is 5.91 Å². The molecule has 0 fully saturated rings. The average Bonchev–Trinajstić information content (AvgIpc) is 2.44. The van der Waals surface area contributed by atoms with Gasteiger partial charge in [-0.3, -0.25) is 9.69 Å². The van der Waals surface area contributed by atoms with Crippen molar-refractivity contribution in [1.82, 2.24) is 4.90 Å². The van der Waals surface area contributed by atoms with Gasteiger partial charge in [0.1, 0.15) is 0 Å². The third-order valence-electron chi connectivity index (χ3n) is 3.15. The molecular weight excluding hydrogens is 238 g/mol. The van der Waals surface area contributed by atoms with Crippen LogP contribution in [0.3, 0.4) is 0 Å². The largest absolute Gasteiger partial charge is 0.326 e. The standard InChI is InChI=1S/C15H25N3O/c1-3-5-10-18(4-2)12-15(19)17-14-9-7-6-8-13(14)11-16/h6-9H,3-5,10-12,16H2,1-2H3,(H,17,19). The first kappa shape index (κ1) is 15.7. The molecule has 1 aromatic carbocycles. The Bertz CT molecular complexity index is 393. The molecule has 0 saturated heterocycles. The van der Waals surface area contributed by atoms with E-state index < -0.39 is 0 Å². The zero-order valence-corrected chi connectivity index (χ0v) is 12.0. The van der Waals surface area contributed by atoms with Crippen molar-refractivity contribution >= 4 is 11.6 Å². The molecule has 1 aromatic rings. The summed E-state index contributed by atoms with van der Waals surface area (Å²) in [6.07, 6.45) is 2.27. The normalized spacial score (nSPS) is 10.7. The smallest absolute Gasteiger partial charge is 0.238 e. The van der Waals surface area contributed by atoms with E-state index in [0.29, 0.717) is 13.1 Å². The van der Waals surface area contributed by atoms with Crippen LogP contribution in [0.4, 0.5) is 5.69 Å². The van der Waals surface area contributed by atoms with Crippen LogP contribution in [0.25, 0.3) is 0 Å². The third kappa shape index (κ3) is 5.41. The van der Waals surface area contributed by atoms with Gasteiger partial charge in [-0.25, -0.2) is 0 Å². The summed E-state index contributed by atoms with van der Waals surface area (Å²) in [5.74, 6) is 0.0267. The summed E-state index contributed by atoms with van der Waals surface area (Å²) in [5, 5.41) is 2.94. The molecule has 0 saturated carbocycles. The number of hydrogen-bond donors (Lipinski definition) is 2. The fourth-order valence-electron chi connectivity index (χ4n) is 1.94. The molecule has 0 aromatic heterocycles. The van der Waals surface area contributed by atoms with E-state index in [9.17, 15) is 4.79 Å². The number of nitrogens with zero attached hydrogens (tertiary/aromatic N) is 1. The number of anilines is 1. The minimum Gasteiger partial charge on any atom is -0.326 e. The fourth-order valence-corrected chi connectivity index (χ4v) is 1.94. The highest BCUT2D eigenvalue weighted by molar-refractivity contribution is 5.92. The molecule has 0 aliphatic heterocycles. The average molecular weight is 263 g/mol. The number of nitrogens with two attached hydrogens (primary N) is 1. The van der Waals surface area contributed by atoms with Crippen molar-refractivity contribution in [3.8, 4) is 0 Å². The van der Waals surface area contributed by atoms with E-state index in [4.69, 9.17) is 5.73 Å². The molecule has 0 heterocycles. The van der Waals surface area contributed by atoms with Gasteiger partial charge in [0.15, 0.2) is 0 Å². The summed E-state index contributed by atoms with van der Waals surface area (Å²) in [4.78, 5) is 14.2. The van der Waals surface area contributed by atoms with Crippen LogP contribution in [0.15, 0.2) is 24.3 Å². The molecule has 0 aliphatic rings. The Morgan fingerprint density at radius 3 is 2.68 bits per heavy atom. The lowest BCUT2D eigenvalue weighted by atomic mass is 10.2. The highest BCUT2D eigenvalue weighted by Crippen LogP contribution is 2.13. The van der Waals surface area contributed by atoms with Crippen LogP contribution in [0.2, 0.25) is 0 Å². The van der Waals surface area contributed by atoms with Gasteiger partial charge >= 0.3 is 0 Å². The van der Waals surface area contributed by atoms with Crippen molar-refractivity contribution < 1.29 is 4.79 Å². The highest BCUT2D eigenvalue weighted by atomic mass is 16.2. The summed E-state index contributed by atoms with van der Waals surface area (Å²) in [6, 6.07) is 7.66. The lowest BCUT2D eigenvalue weighted by Crippen LogP contribution is -2.34. The van der Waals surface area contributed by atoms with Crippen LogP contribution in [-0.4, -0.2) is 30.4 Å². The molecule has 0 unspecified atom stereocenters. The van der Waals surface area contributed by atoms with Gasteiger partial charge in [0.25, 0.3) is 0 Å². The van der Waals surface area contributed by atoms with Crippen LogP contribution < -0.4 is 11.1 Å². The monoisotopic (exact) mass is 263 g/mol. The van der Waals surface area contributed by atoms with E-state index in [1.807, 2.05) is 24.3 Å². The SMILES string of the molecule is CCCCN(CC)CC(=O)Nc1ccccc1CN. The van der Waals surface area contributed by atoms with Gasteiger partial charge in [-0.15, -0.1) is 0 Å². The summed E-state index contributed by atoms with van der Waals surface area (Å²) in [6.45, 7) is 6.98. The first-order valence-corrected chi connectivity index (χ1v) is 7.01. The first-order chi connectivity index (χ1) is 9.21. The Kier molecular flexibility index (Phi) is 7.15. The Balaban J connectivity index is 2.54. The Labute approximate surface area is 116 Å². The maximum Gasteiger partial charge on any atom is 0.238 e. The molecule has 0 bridgehead atoms. The number of likely N-dealkylation sites (N-methyl/N-ethyl adjacent to an activating group) is 1. The molecule has 0 spiro atoms. The first-order valence-electron chi connectivity index (χ1n) is 7.01. The Morgan fingerprint density at radius 2 is 2.05 bits per heavy atom. The van der Waals surface area contributed by atoms with Crippen LogP contribution in [0.5, 0.6) is 0 Å². The predicted molar refractivity (Wildman–Crippen MR) is 80.0 cm³/mol. The van der Waals surface area contributed by atoms with Gasteiger partial charge in [-0.05, 0) is 31.1 Å². The van der Waals surface area contributed by atoms with Crippen molar-refractivity contribution in [2.24, 2.45) is 5.73 Å². The Hall–Kier alpha value is -1.39. The lowest BCUT2D eigenvalue weighted by Gasteiger charge is -2.19. The molecule has 4 nitrogen and oxygen atoms in total. The van der Waals surface area contributed by atoms with Crippen molar-refractivity contribution in [1.29, 1.82) is 0 Å². The van der Waals surface area contributed by atoms with E-state index in [1.165, 1.54) is 0 Å². The van der Waals surface area contributed by atoms with Crippen LogP contribution in [0.1, 0.15) is 32.3 Å². The van der Waals surface area contributed by atoms with Gasteiger partial charge in [0, 0.05) is 12.2 Å². The molecule has 0 aliphatic carbocycles. The second-order valence-corrected chi connectivity index (χ2v) is 4.63. The van der Waals surface area contributed by atoms with Gasteiger partial charge < -0.3 is 11.1 Å². The quantitative estimate of drug-likeness (QED) is 0.756. The number of amides is 1. The fraction of sp³-hybridized carbons (Fsp3) is 0.533. The van der Waals surface area contributed by atoms with Crippen LogP contribution >= 0.6 is 0 Å². The number of nitrogens with one attached hydrogen (secondary N) is 1. The topological polar surface area (TPSA) is 58.4 Å². The van der Waals surface area contributed by atoms with E-state index in [-0.39, 0.29) is 5.91 Å². The number of hydrogen-bond acceptors (Lipinski definition) is 3. The number of unbranched alkanes of at least 4 members (excludes halogenated alkanes) is 1. The molecule has 3 N–H and O–H groups in total. The molecule has 1 amide bonds. The molecule has 106 valence electrons. The minimum atomic E-state index is 0.0267. The molecule has 19 heavy (non-hydrogen) atoms. The second kappa shape index (κ2) is 8.67. The molecule has 1 rings (SSSR count). The van der Waals surface area contributed by atoms with E-state index >= 15 is 0 Å². The number of benzene rings is 1. The van der Waals surface area contributed by atoms with E-state index in [2.05, 4.69) is 24.1 Å². The number of rotatable bonds is 8. The minimum absolute atomic E-state index is 0.0267. The van der Waals surface area contributed by atoms with Crippen LogP contribution in [-0.2, 0) is 11.3 Å². The third-order valence-corrected chi connectivity index (χ3v) is 3.15. The molecule has 0 atom stereocenters. The van der Waals surface area contributed by atoms with Crippen molar-refractivity contribution in [3.05, 3.63) is 29.8 Å². The van der Waals surface area contributed by atoms with Crippen molar-refractivity contribution in [2.75, 3.05) is 25.0 Å². The maximum absolute atomic E-state index is 12.0. The Morgan fingerprint density at radius 1 is 1.32 bits per heavy atom. The van der Waals surface area contributed by atoms with Crippen molar-refractivity contribution in [2.45, 2.75) is 33.2 Å². The zero-order chi connectivity index (χ0) is 14.1. The van der Waals surface area contributed by atoms with Crippen LogP contribution in [0, 0.1) is 0 Å². The summed E-state index contributed by atoms with van der Waals surface area (Å²) >= 11 is 0. The second-order valence-electron chi connectivity index (χ2n) is 4.63. The van der Waals surface area contributed by atoms with E-state index in [0.717, 1.165) is 37.2 Å². The number of carbonyl (C=O) groups is 1. The molecule has 0 radical (unpaired) electrons. The predicted octanol–water partition coefficient (Wildman–Crippen LogP) is 2.21. The summed E-state index contributed by atoms with van der Waals surface area (Å²) < 4.78 is 0. The van der Waals surface area contributed by atoms with Gasteiger partial charge in [-0.1, -0.05) is 38.5 Å². The van der Waals surface area contributed by atoms with Crippen molar-refractivity contribution in [3.63, 3.8) is 0 Å². The van der Waals surface area contributed by atoms with Gasteiger partial charge in [0.05, 0.1) is 6.54 Å². The van der Waals surface area contributed by atoms with E-state index in [1.54, 1.807) is 0 Å². The summed E-state index contributed by atoms with van der Waals surface area (Å²) in [5.41, 5.74) is 7.44. The highest BCUT2D eigenvalue weighted by Gasteiger charge is 2.10. The lowest BCUT2D eigenvalue weighted by molar-refractivity contribution is -0.117. The molecular formula is C15H25N3O. The van der Waals surface area contributed by atoms with Gasteiger partial charge in [-0.2, -0.15) is 0 Å². The zero-order valence-electron chi connectivity index (χ0n) is 12.0. The number of para-hydroxylation sites is 1. The summed E-state index contributed by atoms with van der Waals surface area (Å²) in [7, 11) is 0. The number of carbonyl (C=O) groups excluding carboxylic acids is 1. The maximum atomic E-state index is 12.0.